The van der Waals surface area contributed by atoms with E-state index in [1.165, 1.54) is 12.5 Å². The van der Waals surface area contributed by atoms with Crippen LogP contribution in [0.1, 0.15) is 5.69 Å². The van der Waals surface area contributed by atoms with E-state index in [1.54, 1.807) is 0 Å². The number of thiazole rings is 1. The van der Waals surface area contributed by atoms with Gasteiger partial charge in [-0.25, -0.2) is 14.6 Å². The topological polar surface area (TPSA) is 121 Å². The normalized spacial score (nSPS) is 10.9. The molecule has 0 aromatic carbocycles. The lowest BCUT2D eigenvalue weighted by Gasteiger charge is -1.97. The molecule has 0 radical (unpaired) electrons. The third-order valence-corrected chi connectivity index (χ3v) is 2.20. The first-order valence-corrected chi connectivity index (χ1v) is 4.72. The number of hydrogen-bond acceptors (Lipinski definition) is 7. The number of anilines is 1. The molecule has 0 aliphatic heterocycles. The van der Waals surface area contributed by atoms with Crippen LogP contribution in [-0.2, 0) is 9.53 Å². The van der Waals surface area contributed by atoms with E-state index in [1.807, 2.05) is 0 Å². The molecule has 0 saturated heterocycles. The van der Waals surface area contributed by atoms with Gasteiger partial charge in [0, 0.05) is 5.38 Å². The number of carbonyl (C=O) groups excluding carboxylic acids is 1. The number of aromatic nitrogens is 1. The van der Waals surface area contributed by atoms with Gasteiger partial charge >= 0.3 is 12.1 Å². The second kappa shape index (κ2) is 5.07. The maximum Gasteiger partial charge on any atom is 0.413 e. The molecule has 0 atom stereocenters. The van der Waals surface area contributed by atoms with Gasteiger partial charge in [-0.3, -0.25) is 5.32 Å². The fraction of sp³-hybridized carbons (Fsp3) is 0.143. The summed E-state index contributed by atoms with van der Waals surface area (Å²) >= 11 is 0.976. The van der Waals surface area contributed by atoms with Gasteiger partial charge < -0.3 is 15.1 Å². The highest BCUT2D eigenvalue weighted by molar-refractivity contribution is 7.14. The van der Waals surface area contributed by atoms with Gasteiger partial charge in [-0.2, -0.15) is 0 Å². The molecule has 86 valence electrons. The molecule has 1 aromatic rings. The van der Waals surface area contributed by atoms with Gasteiger partial charge in [-0.05, 0) is 0 Å². The van der Waals surface area contributed by atoms with Crippen LogP contribution >= 0.6 is 11.3 Å². The number of methoxy groups -OCH3 is 1. The third-order valence-electron chi connectivity index (χ3n) is 1.44. The van der Waals surface area contributed by atoms with Crippen molar-refractivity contribution >= 4 is 34.2 Å². The molecule has 3 N–H and O–H groups in total. The summed E-state index contributed by atoms with van der Waals surface area (Å²) in [4.78, 5) is 25.1. The van der Waals surface area contributed by atoms with Gasteiger partial charge in [0.1, 0.15) is 5.69 Å². The SMILES string of the molecule is COC(=O)Nc1nc(/C(=N/O)C(=O)O)cs1. The van der Waals surface area contributed by atoms with Gasteiger partial charge in [0.2, 0.25) is 5.71 Å². The summed E-state index contributed by atoms with van der Waals surface area (Å²) in [5.74, 6) is -1.42. The van der Waals surface area contributed by atoms with Crippen LogP contribution in [0.5, 0.6) is 0 Å². The second-order valence-corrected chi connectivity index (χ2v) is 3.27. The van der Waals surface area contributed by atoms with Gasteiger partial charge in [0.25, 0.3) is 0 Å². The van der Waals surface area contributed by atoms with Crippen molar-refractivity contribution in [2.24, 2.45) is 5.16 Å². The van der Waals surface area contributed by atoms with E-state index >= 15 is 0 Å². The molecule has 1 amide bonds. The molecule has 0 fully saturated rings. The Morgan fingerprint density at radius 1 is 1.62 bits per heavy atom. The van der Waals surface area contributed by atoms with Crippen LogP contribution in [0.25, 0.3) is 0 Å². The predicted octanol–water partition coefficient (Wildman–Crippen LogP) is 0.584. The zero-order chi connectivity index (χ0) is 12.1. The second-order valence-electron chi connectivity index (χ2n) is 2.41. The van der Waals surface area contributed by atoms with Crippen molar-refractivity contribution in [2.75, 3.05) is 12.4 Å². The van der Waals surface area contributed by atoms with E-state index < -0.39 is 17.8 Å². The summed E-state index contributed by atoms with van der Waals surface area (Å²) in [5, 5.41) is 23.4. The van der Waals surface area contributed by atoms with Crippen molar-refractivity contribution in [3.8, 4) is 0 Å². The standard InChI is InChI=1S/C7H7N3O5S/c1-15-7(13)9-6-8-3(2-16-6)4(10-14)5(11)12/h2,14H,1H3,(H,11,12)(H,8,9,13)/b10-4-. The van der Waals surface area contributed by atoms with Gasteiger partial charge in [0.05, 0.1) is 7.11 Å². The lowest BCUT2D eigenvalue weighted by atomic mass is 10.3. The highest BCUT2D eigenvalue weighted by Gasteiger charge is 2.17. The Balaban J connectivity index is 2.86. The number of carboxylic acid groups (broad SMARTS) is 1. The highest BCUT2D eigenvalue weighted by atomic mass is 32.1. The van der Waals surface area contributed by atoms with Gasteiger partial charge in [-0.15, -0.1) is 11.3 Å². The summed E-state index contributed by atoms with van der Waals surface area (Å²) < 4.78 is 4.32. The maximum atomic E-state index is 10.8. The molecule has 0 aliphatic carbocycles. The molecular weight excluding hydrogens is 238 g/mol. The zero-order valence-electron chi connectivity index (χ0n) is 8.00. The largest absolute Gasteiger partial charge is 0.476 e. The lowest BCUT2D eigenvalue weighted by molar-refractivity contribution is -0.129. The van der Waals surface area contributed by atoms with E-state index in [2.05, 4.69) is 20.2 Å². The third kappa shape index (κ3) is 2.67. The number of ether oxygens (including phenoxy) is 1. The van der Waals surface area contributed by atoms with E-state index in [-0.39, 0.29) is 10.8 Å². The van der Waals surface area contributed by atoms with Gasteiger partial charge in [-0.1, -0.05) is 5.16 Å². The lowest BCUT2D eigenvalue weighted by Crippen LogP contribution is -2.15. The highest BCUT2D eigenvalue weighted by Crippen LogP contribution is 2.16. The van der Waals surface area contributed by atoms with Crippen molar-refractivity contribution in [1.82, 2.24) is 4.98 Å². The van der Waals surface area contributed by atoms with Crippen molar-refractivity contribution in [2.45, 2.75) is 0 Å². The average Bonchev–Trinajstić information content (AvgIpc) is 2.66. The molecule has 1 rings (SSSR count). The van der Waals surface area contributed by atoms with E-state index in [9.17, 15) is 9.59 Å². The summed E-state index contributed by atoms with van der Waals surface area (Å²) in [6.07, 6.45) is -0.723. The van der Waals surface area contributed by atoms with Crippen molar-refractivity contribution in [1.29, 1.82) is 0 Å². The summed E-state index contributed by atoms with van der Waals surface area (Å²) in [6.45, 7) is 0. The molecule has 8 nitrogen and oxygen atoms in total. The first-order chi connectivity index (χ1) is 7.58. The Morgan fingerprint density at radius 3 is 2.81 bits per heavy atom. The quantitative estimate of drug-likeness (QED) is 0.407. The van der Waals surface area contributed by atoms with Crippen LogP contribution in [0.4, 0.5) is 9.93 Å². The minimum Gasteiger partial charge on any atom is -0.476 e. The van der Waals surface area contributed by atoms with Crippen LogP contribution in [-0.4, -0.2) is 40.2 Å². The minimum absolute atomic E-state index is 0.0496. The molecular formula is C7H7N3O5S. The smallest absolute Gasteiger partial charge is 0.413 e. The first-order valence-electron chi connectivity index (χ1n) is 3.84. The Bertz CT molecular complexity index is 441. The van der Waals surface area contributed by atoms with E-state index in [0.29, 0.717) is 0 Å². The summed E-state index contributed by atoms with van der Waals surface area (Å²) in [6, 6.07) is 0. The summed E-state index contributed by atoms with van der Waals surface area (Å²) in [5.41, 5.74) is -0.652. The van der Waals surface area contributed by atoms with Crippen molar-refractivity contribution in [3.05, 3.63) is 11.1 Å². The molecule has 1 heterocycles. The number of hydrogen-bond donors (Lipinski definition) is 3. The monoisotopic (exact) mass is 245 g/mol. The maximum absolute atomic E-state index is 10.8. The molecule has 16 heavy (non-hydrogen) atoms. The zero-order valence-corrected chi connectivity index (χ0v) is 8.82. The molecule has 0 bridgehead atoms. The Morgan fingerprint density at radius 2 is 2.31 bits per heavy atom. The molecule has 0 unspecified atom stereocenters. The molecule has 0 spiro atoms. The number of rotatable bonds is 3. The van der Waals surface area contributed by atoms with Gasteiger partial charge in [0.15, 0.2) is 5.13 Å². The van der Waals surface area contributed by atoms with Crippen LogP contribution in [0.3, 0.4) is 0 Å². The Labute approximate surface area is 93.2 Å². The number of carbonyl (C=O) groups is 2. The summed E-state index contributed by atoms with van der Waals surface area (Å²) in [7, 11) is 1.18. The molecule has 1 aromatic heterocycles. The Kier molecular flexibility index (Phi) is 3.78. The van der Waals surface area contributed by atoms with Crippen LogP contribution in [0, 0.1) is 0 Å². The van der Waals surface area contributed by atoms with E-state index in [4.69, 9.17) is 10.3 Å². The molecule has 0 aliphatic rings. The number of nitrogens with one attached hydrogen (secondary N) is 1. The minimum atomic E-state index is -1.42. The molecule has 9 heteroatoms. The molecule has 0 saturated carbocycles. The fourth-order valence-electron chi connectivity index (χ4n) is 0.782. The number of carboxylic acids is 1. The number of nitrogens with zero attached hydrogens (tertiary/aromatic N) is 2. The number of aliphatic carboxylic acids is 1. The van der Waals surface area contributed by atoms with Crippen LogP contribution in [0.2, 0.25) is 0 Å². The van der Waals surface area contributed by atoms with Crippen LogP contribution in [0.15, 0.2) is 10.5 Å². The Hall–Kier alpha value is -2.16. The number of amides is 1. The van der Waals surface area contributed by atoms with E-state index in [0.717, 1.165) is 11.3 Å². The van der Waals surface area contributed by atoms with Crippen molar-refractivity contribution in [3.63, 3.8) is 0 Å². The first kappa shape index (κ1) is 11.9. The average molecular weight is 245 g/mol. The fourth-order valence-corrected chi connectivity index (χ4v) is 1.46. The van der Waals surface area contributed by atoms with Crippen LogP contribution < -0.4 is 5.32 Å². The van der Waals surface area contributed by atoms with Crippen molar-refractivity contribution < 1.29 is 24.6 Å². The number of oxime groups is 1. The predicted molar refractivity (Wildman–Crippen MR) is 54.1 cm³/mol.